The molecular weight excluding hydrogens is 326 g/mol. The molecule has 0 spiro atoms. The summed E-state index contributed by atoms with van der Waals surface area (Å²) >= 11 is 0. The van der Waals surface area contributed by atoms with Gasteiger partial charge in [0, 0.05) is 17.6 Å². The van der Waals surface area contributed by atoms with Gasteiger partial charge in [0.25, 0.3) is 0 Å². The molecule has 2 aliphatic rings. The number of benzene rings is 1. The highest BCUT2D eigenvalue weighted by Gasteiger charge is 2.23. The largest absolute Gasteiger partial charge is 0.331 e. The Hall–Kier alpha value is -1.86. The van der Waals surface area contributed by atoms with E-state index in [-0.39, 0.29) is 11.8 Å². The Kier molecular flexibility index (Phi) is 5.20. The maximum Gasteiger partial charge on any atom is 0.319 e. The molecule has 1 saturated heterocycles. The van der Waals surface area contributed by atoms with Crippen LogP contribution < -0.4 is 10.6 Å². The molecule has 0 bridgehead atoms. The quantitative estimate of drug-likeness (QED) is 0.873. The van der Waals surface area contributed by atoms with Crippen molar-refractivity contribution in [2.75, 3.05) is 24.2 Å². The molecule has 1 aromatic rings. The first-order chi connectivity index (χ1) is 11.5. The smallest absolute Gasteiger partial charge is 0.319 e. The molecule has 2 N–H and O–H groups in total. The second kappa shape index (κ2) is 7.36. The minimum atomic E-state index is -3.17. The predicted octanol–water partition coefficient (Wildman–Crippen LogP) is 2.10. The summed E-state index contributed by atoms with van der Waals surface area (Å²) in [6, 6.07) is 6.89. The number of anilines is 1. The van der Waals surface area contributed by atoms with Crippen LogP contribution in [0.25, 0.3) is 0 Å². The molecule has 2 aliphatic heterocycles. The summed E-state index contributed by atoms with van der Waals surface area (Å²) in [4.78, 5) is 14.6. The van der Waals surface area contributed by atoms with Crippen LogP contribution in [0.2, 0.25) is 0 Å². The lowest BCUT2D eigenvalue weighted by molar-refractivity contribution is 0.221. The Morgan fingerprint density at radius 1 is 1.17 bits per heavy atom. The highest BCUT2D eigenvalue weighted by Crippen LogP contribution is 2.20. The zero-order valence-electron chi connectivity index (χ0n) is 13.6. The lowest BCUT2D eigenvalue weighted by Gasteiger charge is -2.27. The van der Waals surface area contributed by atoms with Crippen LogP contribution in [0, 0.1) is 0 Å². The number of hydrogen-bond acceptors (Lipinski definition) is 4. The molecule has 130 valence electrons. The number of likely N-dealkylation sites (tertiary alicyclic amines) is 1. The van der Waals surface area contributed by atoms with Crippen molar-refractivity contribution in [1.29, 1.82) is 0 Å². The van der Waals surface area contributed by atoms with E-state index in [1.165, 1.54) is 25.3 Å². The van der Waals surface area contributed by atoms with E-state index in [4.69, 9.17) is 0 Å². The first kappa shape index (κ1) is 17.0. The molecule has 2 heterocycles. The Balaban J connectivity index is 1.60. The van der Waals surface area contributed by atoms with Gasteiger partial charge in [-0.25, -0.2) is 13.2 Å². The minimum Gasteiger partial charge on any atom is -0.331 e. The molecule has 0 aromatic heterocycles. The van der Waals surface area contributed by atoms with Crippen LogP contribution >= 0.6 is 0 Å². The molecule has 0 saturated carbocycles. The summed E-state index contributed by atoms with van der Waals surface area (Å²) in [6.07, 6.45) is 5.24. The third-order valence-corrected chi connectivity index (χ3v) is 5.75. The van der Waals surface area contributed by atoms with Crippen molar-refractivity contribution in [3.8, 4) is 0 Å². The molecule has 6 nitrogen and oxygen atoms in total. The van der Waals surface area contributed by atoms with Crippen molar-refractivity contribution in [3.05, 3.63) is 41.3 Å². The Labute approximate surface area is 142 Å². The number of nitrogens with zero attached hydrogens (tertiary/aromatic N) is 1. The number of carbonyl (C=O) groups is 1. The summed E-state index contributed by atoms with van der Waals surface area (Å²) < 4.78 is 22.8. The average molecular weight is 349 g/mol. The second-order valence-corrected chi connectivity index (χ2v) is 8.29. The number of piperidine rings is 1. The van der Waals surface area contributed by atoms with Crippen LogP contribution in [0.3, 0.4) is 0 Å². The Bertz CT molecular complexity index is 724. The Morgan fingerprint density at radius 3 is 2.62 bits per heavy atom. The number of carbonyl (C=O) groups excluding carboxylic acids is 1. The van der Waals surface area contributed by atoms with Crippen molar-refractivity contribution in [2.24, 2.45) is 0 Å². The van der Waals surface area contributed by atoms with Crippen LogP contribution in [0.4, 0.5) is 10.5 Å². The predicted molar refractivity (Wildman–Crippen MR) is 94.4 cm³/mol. The van der Waals surface area contributed by atoms with Crippen molar-refractivity contribution < 1.29 is 13.2 Å². The van der Waals surface area contributed by atoms with E-state index in [1.807, 2.05) is 24.3 Å². The lowest BCUT2D eigenvalue weighted by atomic mass is 10.1. The number of urea groups is 1. The summed E-state index contributed by atoms with van der Waals surface area (Å²) in [7, 11) is -3.17. The first-order valence-corrected chi connectivity index (χ1v) is 10.0. The van der Waals surface area contributed by atoms with Crippen LogP contribution in [0.5, 0.6) is 0 Å². The maximum absolute atomic E-state index is 12.2. The first-order valence-electron chi connectivity index (χ1n) is 8.31. The zero-order valence-corrected chi connectivity index (χ0v) is 14.4. The van der Waals surface area contributed by atoms with Gasteiger partial charge < -0.3 is 10.6 Å². The van der Waals surface area contributed by atoms with Gasteiger partial charge in [0.2, 0.25) is 0 Å². The highest BCUT2D eigenvalue weighted by atomic mass is 32.2. The van der Waals surface area contributed by atoms with Crippen LogP contribution in [0.15, 0.2) is 35.7 Å². The van der Waals surface area contributed by atoms with E-state index in [2.05, 4.69) is 15.5 Å². The van der Waals surface area contributed by atoms with Gasteiger partial charge in [-0.2, -0.15) is 0 Å². The fourth-order valence-corrected chi connectivity index (χ4v) is 4.37. The van der Waals surface area contributed by atoms with Crippen LogP contribution in [-0.4, -0.2) is 44.2 Å². The molecule has 0 aliphatic carbocycles. The summed E-state index contributed by atoms with van der Waals surface area (Å²) in [5, 5.41) is 6.69. The number of nitrogens with one attached hydrogen (secondary N) is 2. The highest BCUT2D eigenvalue weighted by molar-refractivity contribution is 7.94. The average Bonchev–Trinajstić information content (AvgIpc) is 2.89. The van der Waals surface area contributed by atoms with Crippen molar-refractivity contribution in [1.82, 2.24) is 10.2 Å². The molecule has 0 radical (unpaired) electrons. The fourth-order valence-electron chi connectivity index (χ4n) is 3.13. The zero-order chi connectivity index (χ0) is 17.0. The SMILES string of the molecule is O=C(Nc1ccccc1CN1CCCCC1)N[C@@H]1C=CS(=O)(=O)C1. The molecule has 24 heavy (non-hydrogen) atoms. The number of rotatable bonds is 4. The summed E-state index contributed by atoms with van der Waals surface area (Å²) in [5.74, 6) is -0.0736. The number of amides is 2. The number of hydrogen-bond donors (Lipinski definition) is 2. The van der Waals surface area contributed by atoms with Gasteiger partial charge >= 0.3 is 6.03 Å². The second-order valence-electron chi connectivity index (χ2n) is 6.36. The number of para-hydroxylation sites is 1. The lowest BCUT2D eigenvalue weighted by Crippen LogP contribution is -2.38. The number of sulfone groups is 1. The normalized spacial score (nSPS) is 23.1. The van der Waals surface area contributed by atoms with Gasteiger partial charge in [-0.1, -0.05) is 24.6 Å². The van der Waals surface area contributed by atoms with Gasteiger partial charge in [0.15, 0.2) is 9.84 Å². The third kappa shape index (κ3) is 4.58. The maximum atomic E-state index is 12.2. The molecule has 3 rings (SSSR count). The molecule has 7 heteroatoms. The fraction of sp³-hybridized carbons (Fsp3) is 0.471. The molecule has 1 aromatic carbocycles. The monoisotopic (exact) mass is 349 g/mol. The molecule has 1 atom stereocenters. The van der Waals surface area contributed by atoms with Crippen molar-refractivity contribution >= 4 is 21.6 Å². The van der Waals surface area contributed by atoms with Crippen LogP contribution in [0.1, 0.15) is 24.8 Å². The van der Waals surface area contributed by atoms with Gasteiger partial charge in [-0.15, -0.1) is 0 Å². The van der Waals surface area contributed by atoms with E-state index in [0.717, 1.165) is 36.3 Å². The van der Waals surface area contributed by atoms with Gasteiger partial charge in [0.05, 0.1) is 11.8 Å². The van der Waals surface area contributed by atoms with Crippen molar-refractivity contribution in [3.63, 3.8) is 0 Å². The van der Waals surface area contributed by atoms with E-state index >= 15 is 0 Å². The van der Waals surface area contributed by atoms with Crippen molar-refractivity contribution in [2.45, 2.75) is 31.8 Å². The van der Waals surface area contributed by atoms with E-state index < -0.39 is 15.9 Å². The summed E-state index contributed by atoms with van der Waals surface area (Å²) in [6.45, 7) is 2.99. The van der Waals surface area contributed by atoms with Gasteiger partial charge in [0.1, 0.15) is 0 Å². The van der Waals surface area contributed by atoms with E-state index in [1.54, 1.807) is 0 Å². The Morgan fingerprint density at radius 2 is 1.92 bits per heavy atom. The van der Waals surface area contributed by atoms with E-state index in [0.29, 0.717) is 0 Å². The van der Waals surface area contributed by atoms with Gasteiger partial charge in [-0.3, -0.25) is 4.90 Å². The standard InChI is InChI=1S/C17H23N3O3S/c21-17(18-15-8-11-24(22,23)13-15)19-16-7-3-2-6-14(16)12-20-9-4-1-5-10-20/h2-3,6-8,11,15H,1,4-5,9-10,12-13H2,(H2,18,19,21)/t15-/m1/s1. The topological polar surface area (TPSA) is 78.5 Å². The van der Waals surface area contributed by atoms with Gasteiger partial charge in [-0.05, 0) is 43.6 Å². The molecule has 0 unspecified atom stereocenters. The minimum absolute atomic E-state index is 0.0736. The molecule has 2 amide bonds. The molecule has 1 fully saturated rings. The molecular formula is C17H23N3O3S. The summed E-state index contributed by atoms with van der Waals surface area (Å²) in [5.41, 5.74) is 1.84. The van der Waals surface area contributed by atoms with E-state index in [9.17, 15) is 13.2 Å². The third-order valence-electron chi connectivity index (χ3n) is 4.35. The van der Waals surface area contributed by atoms with Crippen LogP contribution in [-0.2, 0) is 16.4 Å².